The highest BCUT2D eigenvalue weighted by Crippen LogP contribution is 2.14. The summed E-state index contributed by atoms with van der Waals surface area (Å²) in [5.74, 6) is -0.521. The van der Waals surface area contributed by atoms with Gasteiger partial charge in [0, 0.05) is 12.4 Å². The molecule has 7 nitrogen and oxygen atoms in total. The molecule has 0 saturated heterocycles. The molecule has 0 aliphatic rings. The second kappa shape index (κ2) is 4.45. The zero-order valence-corrected chi connectivity index (χ0v) is 10.0. The highest BCUT2D eigenvalue weighted by Gasteiger charge is 2.11. The highest BCUT2D eigenvalue weighted by atomic mass is 16.5. The molecule has 0 N–H and O–H groups in total. The second-order valence-electron chi connectivity index (χ2n) is 3.77. The number of ether oxygens (including phenoxy) is 1. The maximum absolute atomic E-state index is 11.3. The molecule has 19 heavy (non-hydrogen) atoms. The predicted molar refractivity (Wildman–Crippen MR) is 65.8 cm³/mol. The molecule has 0 spiro atoms. The maximum atomic E-state index is 11.3. The van der Waals surface area contributed by atoms with E-state index in [9.17, 15) is 4.79 Å². The summed E-state index contributed by atoms with van der Waals surface area (Å²) in [4.78, 5) is 19.7. The first-order valence-corrected chi connectivity index (χ1v) is 5.50. The van der Waals surface area contributed by atoms with Crippen LogP contribution in [0.15, 0.2) is 36.8 Å². The number of esters is 1. The normalized spacial score (nSPS) is 10.6. The van der Waals surface area contributed by atoms with E-state index in [1.807, 2.05) is 18.2 Å². The zero-order valence-electron chi connectivity index (χ0n) is 10.0. The fourth-order valence-electron chi connectivity index (χ4n) is 1.68. The second-order valence-corrected chi connectivity index (χ2v) is 3.77. The van der Waals surface area contributed by atoms with Crippen molar-refractivity contribution in [3.8, 4) is 5.69 Å². The minimum absolute atomic E-state index is 0.154. The van der Waals surface area contributed by atoms with Gasteiger partial charge in [0.2, 0.25) is 0 Å². The lowest BCUT2D eigenvalue weighted by Crippen LogP contribution is -2.01. The Morgan fingerprint density at radius 2 is 2.00 bits per heavy atom. The standard InChI is InChI=1S/C12H9N5O2/c1-19-12(18)11-7-17(16-15-11)8-2-3-9-10(6-8)14-5-4-13-9/h2-7H,1H3. The minimum atomic E-state index is -0.521. The van der Waals surface area contributed by atoms with Crippen LogP contribution in [0, 0.1) is 0 Å². The fourth-order valence-corrected chi connectivity index (χ4v) is 1.68. The average Bonchev–Trinajstić information content (AvgIpc) is 2.95. The molecule has 2 heterocycles. The van der Waals surface area contributed by atoms with Crippen LogP contribution in [0.3, 0.4) is 0 Å². The summed E-state index contributed by atoms with van der Waals surface area (Å²) < 4.78 is 6.07. The number of aromatic nitrogens is 5. The molecule has 0 unspecified atom stereocenters. The van der Waals surface area contributed by atoms with Crippen molar-refractivity contribution in [2.75, 3.05) is 7.11 Å². The monoisotopic (exact) mass is 255 g/mol. The Morgan fingerprint density at radius 3 is 2.79 bits per heavy atom. The van der Waals surface area contributed by atoms with Crippen LogP contribution in [0.25, 0.3) is 16.7 Å². The summed E-state index contributed by atoms with van der Waals surface area (Å²) in [5.41, 5.74) is 2.44. The van der Waals surface area contributed by atoms with Crippen LogP contribution in [0.2, 0.25) is 0 Å². The van der Waals surface area contributed by atoms with E-state index in [4.69, 9.17) is 0 Å². The topological polar surface area (TPSA) is 82.8 Å². The SMILES string of the molecule is COC(=O)c1cn(-c2ccc3nccnc3c2)nn1. The smallest absolute Gasteiger partial charge is 0.360 e. The number of benzene rings is 1. The van der Waals surface area contributed by atoms with Crippen LogP contribution < -0.4 is 0 Å². The van der Waals surface area contributed by atoms with Gasteiger partial charge in [-0.1, -0.05) is 5.21 Å². The van der Waals surface area contributed by atoms with E-state index in [-0.39, 0.29) is 5.69 Å². The number of methoxy groups -OCH3 is 1. The van der Waals surface area contributed by atoms with Crippen molar-refractivity contribution in [2.45, 2.75) is 0 Å². The van der Waals surface area contributed by atoms with Gasteiger partial charge in [-0.3, -0.25) is 9.97 Å². The predicted octanol–water partition coefficient (Wildman–Crippen LogP) is 0.997. The van der Waals surface area contributed by atoms with Crippen LogP contribution in [-0.2, 0) is 4.74 Å². The lowest BCUT2D eigenvalue weighted by molar-refractivity contribution is 0.0594. The third-order valence-electron chi connectivity index (χ3n) is 2.61. The summed E-state index contributed by atoms with van der Waals surface area (Å²) in [6.45, 7) is 0. The Labute approximate surface area is 107 Å². The fraction of sp³-hybridized carbons (Fsp3) is 0.0833. The Morgan fingerprint density at radius 1 is 1.21 bits per heavy atom. The number of rotatable bonds is 2. The van der Waals surface area contributed by atoms with Crippen LogP contribution in [0.5, 0.6) is 0 Å². The molecule has 0 aliphatic heterocycles. The average molecular weight is 255 g/mol. The van der Waals surface area contributed by atoms with Crippen molar-refractivity contribution in [1.82, 2.24) is 25.0 Å². The van der Waals surface area contributed by atoms with Crippen molar-refractivity contribution in [2.24, 2.45) is 0 Å². The summed E-state index contributed by atoms with van der Waals surface area (Å²) in [6, 6.07) is 5.47. The first-order chi connectivity index (χ1) is 9.28. The summed E-state index contributed by atoms with van der Waals surface area (Å²) in [6.07, 6.45) is 4.75. The van der Waals surface area contributed by atoms with Gasteiger partial charge in [-0.2, -0.15) is 0 Å². The van der Waals surface area contributed by atoms with Crippen LogP contribution in [0.1, 0.15) is 10.5 Å². The molecule has 1 aromatic carbocycles. The molecule has 0 radical (unpaired) electrons. The summed E-state index contributed by atoms with van der Waals surface area (Å²) in [7, 11) is 1.30. The van der Waals surface area contributed by atoms with Gasteiger partial charge in [0.05, 0.1) is 30.0 Å². The summed E-state index contributed by atoms with van der Waals surface area (Å²) >= 11 is 0. The van der Waals surface area contributed by atoms with Crippen LogP contribution >= 0.6 is 0 Å². The van der Waals surface area contributed by atoms with E-state index in [1.54, 1.807) is 12.4 Å². The first kappa shape index (κ1) is 11.3. The van der Waals surface area contributed by atoms with Gasteiger partial charge >= 0.3 is 5.97 Å². The lowest BCUT2D eigenvalue weighted by Gasteiger charge is -2.01. The lowest BCUT2D eigenvalue weighted by atomic mass is 10.2. The molecule has 7 heteroatoms. The van der Waals surface area contributed by atoms with Crippen molar-refractivity contribution < 1.29 is 9.53 Å². The molecule has 3 rings (SSSR count). The van der Waals surface area contributed by atoms with E-state index >= 15 is 0 Å². The van der Waals surface area contributed by atoms with Gasteiger partial charge in [-0.25, -0.2) is 9.48 Å². The van der Waals surface area contributed by atoms with Crippen LogP contribution in [0.4, 0.5) is 0 Å². The van der Waals surface area contributed by atoms with E-state index in [2.05, 4.69) is 25.0 Å². The van der Waals surface area contributed by atoms with Gasteiger partial charge in [0.1, 0.15) is 0 Å². The number of hydrogen-bond donors (Lipinski definition) is 0. The van der Waals surface area contributed by atoms with E-state index in [1.165, 1.54) is 18.0 Å². The summed E-state index contributed by atoms with van der Waals surface area (Å²) in [5, 5.41) is 7.63. The van der Waals surface area contributed by atoms with Gasteiger partial charge in [0.25, 0.3) is 0 Å². The number of carbonyl (C=O) groups is 1. The molecule has 0 fully saturated rings. The van der Waals surface area contributed by atoms with Crippen molar-refractivity contribution in [3.05, 3.63) is 42.5 Å². The van der Waals surface area contributed by atoms with Crippen molar-refractivity contribution >= 4 is 17.0 Å². The molecule has 0 amide bonds. The number of carbonyl (C=O) groups excluding carboxylic acids is 1. The first-order valence-electron chi connectivity index (χ1n) is 5.50. The highest BCUT2D eigenvalue weighted by molar-refractivity contribution is 5.86. The van der Waals surface area contributed by atoms with Crippen LogP contribution in [-0.4, -0.2) is 38.0 Å². The number of hydrogen-bond acceptors (Lipinski definition) is 6. The number of nitrogens with zero attached hydrogens (tertiary/aromatic N) is 5. The number of fused-ring (bicyclic) bond motifs is 1. The van der Waals surface area contributed by atoms with Gasteiger partial charge in [-0.05, 0) is 18.2 Å². The Hall–Kier alpha value is -2.83. The molecular weight excluding hydrogens is 246 g/mol. The van der Waals surface area contributed by atoms with E-state index in [0.717, 1.165) is 16.7 Å². The van der Waals surface area contributed by atoms with Gasteiger partial charge in [0.15, 0.2) is 5.69 Å². The molecule has 94 valence electrons. The Bertz CT molecular complexity index is 752. The Balaban J connectivity index is 2.04. The maximum Gasteiger partial charge on any atom is 0.360 e. The van der Waals surface area contributed by atoms with E-state index in [0.29, 0.717) is 0 Å². The quantitative estimate of drug-likeness (QED) is 0.635. The molecule has 0 aliphatic carbocycles. The molecule has 0 saturated carbocycles. The van der Waals surface area contributed by atoms with E-state index < -0.39 is 5.97 Å². The van der Waals surface area contributed by atoms with Gasteiger partial charge in [-0.15, -0.1) is 5.10 Å². The van der Waals surface area contributed by atoms with Crippen molar-refractivity contribution in [3.63, 3.8) is 0 Å². The Kier molecular flexibility index (Phi) is 2.64. The molecular formula is C12H9N5O2. The third kappa shape index (κ3) is 2.01. The third-order valence-corrected chi connectivity index (χ3v) is 2.61. The van der Waals surface area contributed by atoms with Gasteiger partial charge < -0.3 is 4.74 Å². The molecule has 0 bridgehead atoms. The van der Waals surface area contributed by atoms with Crippen molar-refractivity contribution in [1.29, 1.82) is 0 Å². The minimum Gasteiger partial charge on any atom is -0.464 e. The molecule has 0 atom stereocenters. The zero-order chi connectivity index (χ0) is 13.2. The molecule has 3 aromatic rings. The molecule has 2 aromatic heterocycles. The largest absolute Gasteiger partial charge is 0.464 e.